The highest BCUT2D eigenvalue weighted by Gasteiger charge is 2.61. The second-order valence-electron chi connectivity index (χ2n) is 7.76. The number of hydrogen-bond donors (Lipinski definition) is 2. The molecule has 0 heterocycles. The highest BCUT2D eigenvalue weighted by atomic mass is 16.3. The zero-order valence-corrected chi connectivity index (χ0v) is 13.0. The summed E-state index contributed by atoms with van der Waals surface area (Å²) in [6, 6.07) is 0.696. The van der Waals surface area contributed by atoms with Crippen LogP contribution in [0, 0.1) is 16.7 Å². The Labute approximate surface area is 121 Å². The van der Waals surface area contributed by atoms with Gasteiger partial charge in [0.15, 0.2) is 0 Å². The van der Waals surface area contributed by atoms with Gasteiger partial charge in [-0.1, -0.05) is 20.8 Å². The van der Waals surface area contributed by atoms with Crippen LogP contribution in [-0.2, 0) is 0 Å². The van der Waals surface area contributed by atoms with Gasteiger partial charge in [-0.15, -0.1) is 0 Å². The molecular formula is C16H28N2O2. The van der Waals surface area contributed by atoms with E-state index >= 15 is 0 Å². The smallest absolute Gasteiger partial charge is 0.317 e. The van der Waals surface area contributed by atoms with E-state index in [4.69, 9.17) is 5.11 Å². The number of fused-ring (bicyclic) bond motifs is 2. The molecule has 0 aromatic rings. The minimum atomic E-state index is 0.0381. The number of urea groups is 1. The van der Waals surface area contributed by atoms with Gasteiger partial charge in [-0.3, -0.25) is 0 Å². The lowest BCUT2D eigenvalue weighted by atomic mass is 9.69. The Morgan fingerprint density at radius 2 is 2.00 bits per heavy atom. The molecule has 0 aromatic heterocycles. The Morgan fingerprint density at radius 1 is 1.30 bits per heavy atom. The summed E-state index contributed by atoms with van der Waals surface area (Å²) >= 11 is 0. The van der Waals surface area contributed by atoms with Gasteiger partial charge in [-0.25, -0.2) is 4.79 Å². The fourth-order valence-electron chi connectivity index (χ4n) is 4.60. The van der Waals surface area contributed by atoms with Crippen LogP contribution < -0.4 is 5.32 Å². The lowest BCUT2D eigenvalue weighted by molar-refractivity contribution is 0.114. The average molecular weight is 280 g/mol. The molecule has 0 aliphatic heterocycles. The first-order valence-electron chi connectivity index (χ1n) is 8.08. The molecule has 0 spiro atoms. The van der Waals surface area contributed by atoms with E-state index in [9.17, 15) is 4.79 Å². The summed E-state index contributed by atoms with van der Waals surface area (Å²) in [5.41, 5.74) is 0.550. The number of carbonyl (C=O) groups excluding carboxylic acids is 1. The third-order valence-electron chi connectivity index (χ3n) is 6.68. The molecule has 2 amide bonds. The van der Waals surface area contributed by atoms with E-state index in [2.05, 4.69) is 26.1 Å². The van der Waals surface area contributed by atoms with Crippen LogP contribution in [-0.4, -0.2) is 41.3 Å². The van der Waals surface area contributed by atoms with Crippen molar-refractivity contribution in [3.63, 3.8) is 0 Å². The standard InChI is InChI=1S/C16H28N2O2/c1-15(2)11-6-7-16(15,3)13(10-11)17-14(20)18(8-9-19)12-4-5-12/h11-13,19H,4-10H2,1-3H3,(H,17,20). The predicted molar refractivity (Wildman–Crippen MR) is 78.4 cm³/mol. The minimum Gasteiger partial charge on any atom is -0.395 e. The molecule has 3 saturated carbocycles. The largest absolute Gasteiger partial charge is 0.395 e. The zero-order chi connectivity index (χ0) is 14.5. The lowest BCUT2D eigenvalue weighted by Crippen LogP contribution is -2.52. The molecule has 4 heteroatoms. The van der Waals surface area contributed by atoms with Crippen molar-refractivity contribution in [3.05, 3.63) is 0 Å². The summed E-state index contributed by atoms with van der Waals surface area (Å²) in [4.78, 5) is 14.3. The van der Waals surface area contributed by atoms with Crippen molar-refractivity contribution in [2.75, 3.05) is 13.2 Å². The van der Waals surface area contributed by atoms with Crippen LogP contribution in [0.25, 0.3) is 0 Å². The highest BCUT2D eigenvalue weighted by Crippen LogP contribution is 2.65. The van der Waals surface area contributed by atoms with Gasteiger partial charge < -0.3 is 15.3 Å². The first-order valence-corrected chi connectivity index (χ1v) is 8.08. The zero-order valence-electron chi connectivity index (χ0n) is 13.0. The number of hydrogen-bond acceptors (Lipinski definition) is 2. The van der Waals surface area contributed by atoms with E-state index in [0.29, 0.717) is 24.0 Å². The molecule has 3 rings (SSSR count). The Hall–Kier alpha value is -0.770. The summed E-state index contributed by atoms with van der Waals surface area (Å²) < 4.78 is 0. The number of aliphatic hydroxyl groups excluding tert-OH is 1. The molecule has 3 fully saturated rings. The van der Waals surface area contributed by atoms with Crippen molar-refractivity contribution in [1.29, 1.82) is 0 Å². The molecule has 2 N–H and O–H groups in total. The second kappa shape index (κ2) is 4.62. The molecule has 114 valence electrons. The second-order valence-corrected chi connectivity index (χ2v) is 7.76. The van der Waals surface area contributed by atoms with E-state index < -0.39 is 0 Å². The van der Waals surface area contributed by atoms with Gasteiger partial charge in [-0.05, 0) is 48.9 Å². The van der Waals surface area contributed by atoms with E-state index in [0.717, 1.165) is 25.2 Å². The summed E-state index contributed by atoms with van der Waals surface area (Å²) in [6.45, 7) is 7.59. The quantitative estimate of drug-likeness (QED) is 0.830. The van der Waals surface area contributed by atoms with Crippen molar-refractivity contribution in [3.8, 4) is 0 Å². The van der Waals surface area contributed by atoms with Gasteiger partial charge in [0.25, 0.3) is 0 Å². The van der Waals surface area contributed by atoms with Gasteiger partial charge in [0, 0.05) is 18.6 Å². The van der Waals surface area contributed by atoms with Crippen LogP contribution in [0.1, 0.15) is 52.9 Å². The number of aliphatic hydroxyl groups is 1. The molecule has 3 aliphatic rings. The molecule has 0 aromatic carbocycles. The van der Waals surface area contributed by atoms with E-state index in [1.54, 1.807) is 0 Å². The maximum atomic E-state index is 12.5. The molecule has 0 radical (unpaired) electrons. The van der Waals surface area contributed by atoms with Crippen LogP contribution in [0.2, 0.25) is 0 Å². The Balaban J connectivity index is 1.68. The van der Waals surface area contributed by atoms with E-state index in [1.807, 2.05) is 4.90 Å². The van der Waals surface area contributed by atoms with Gasteiger partial charge in [0.2, 0.25) is 0 Å². The van der Waals surface area contributed by atoms with Crippen LogP contribution in [0.4, 0.5) is 4.79 Å². The molecule has 0 saturated heterocycles. The molecule has 20 heavy (non-hydrogen) atoms. The lowest BCUT2D eigenvalue weighted by Gasteiger charge is -2.40. The number of nitrogens with one attached hydrogen (secondary N) is 1. The van der Waals surface area contributed by atoms with Crippen LogP contribution in [0.3, 0.4) is 0 Å². The monoisotopic (exact) mass is 280 g/mol. The minimum absolute atomic E-state index is 0.0381. The fourth-order valence-corrected chi connectivity index (χ4v) is 4.60. The Morgan fingerprint density at radius 3 is 2.45 bits per heavy atom. The van der Waals surface area contributed by atoms with Gasteiger partial charge >= 0.3 is 6.03 Å². The van der Waals surface area contributed by atoms with Crippen LogP contribution >= 0.6 is 0 Å². The van der Waals surface area contributed by atoms with Crippen LogP contribution in [0.5, 0.6) is 0 Å². The van der Waals surface area contributed by atoms with Crippen molar-refractivity contribution >= 4 is 6.03 Å². The van der Waals surface area contributed by atoms with Crippen molar-refractivity contribution in [2.45, 2.75) is 65.0 Å². The Kier molecular flexibility index (Phi) is 3.27. The van der Waals surface area contributed by atoms with E-state index in [-0.39, 0.29) is 18.1 Å². The van der Waals surface area contributed by atoms with Crippen molar-refractivity contribution in [2.24, 2.45) is 16.7 Å². The van der Waals surface area contributed by atoms with Gasteiger partial charge in [0.1, 0.15) is 0 Å². The maximum absolute atomic E-state index is 12.5. The SMILES string of the molecule is CC1(C)C2CCC1(C)C(NC(=O)N(CCO)C1CC1)C2. The first-order chi connectivity index (χ1) is 9.40. The summed E-state index contributed by atoms with van der Waals surface area (Å²) in [7, 11) is 0. The molecule has 3 atom stereocenters. The molecule has 2 bridgehead atoms. The third-order valence-corrected chi connectivity index (χ3v) is 6.68. The summed E-state index contributed by atoms with van der Waals surface area (Å²) in [5.74, 6) is 0.741. The normalized spacial score (nSPS) is 38.0. The maximum Gasteiger partial charge on any atom is 0.317 e. The molecule has 3 aliphatic carbocycles. The van der Waals surface area contributed by atoms with Gasteiger partial charge in [-0.2, -0.15) is 0 Å². The van der Waals surface area contributed by atoms with Gasteiger partial charge in [0.05, 0.1) is 6.61 Å². The number of rotatable bonds is 4. The highest BCUT2D eigenvalue weighted by molar-refractivity contribution is 5.75. The first kappa shape index (κ1) is 14.2. The van der Waals surface area contributed by atoms with Crippen molar-refractivity contribution < 1.29 is 9.90 Å². The Bertz CT molecular complexity index is 405. The predicted octanol–water partition coefficient (Wildman–Crippen LogP) is 2.37. The third kappa shape index (κ3) is 1.95. The number of amides is 2. The fraction of sp³-hybridized carbons (Fsp3) is 0.938. The average Bonchev–Trinajstić information content (AvgIpc) is 3.16. The van der Waals surface area contributed by atoms with E-state index in [1.165, 1.54) is 12.8 Å². The topological polar surface area (TPSA) is 52.6 Å². The summed E-state index contributed by atoms with van der Waals surface area (Å²) in [6.07, 6.45) is 5.82. The molecule has 4 nitrogen and oxygen atoms in total. The summed E-state index contributed by atoms with van der Waals surface area (Å²) in [5, 5.41) is 12.4. The van der Waals surface area contributed by atoms with Crippen molar-refractivity contribution in [1.82, 2.24) is 10.2 Å². The molecule has 3 unspecified atom stereocenters. The van der Waals surface area contributed by atoms with Crippen LogP contribution in [0.15, 0.2) is 0 Å². The number of carbonyl (C=O) groups is 1. The number of nitrogens with zero attached hydrogens (tertiary/aromatic N) is 1. The molecular weight excluding hydrogens is 252 g/mol.